The monoisotopic (exact) mass is 365 g/mol. The molecule has 0 spiro atoms. The predicted octanol–water partition coefficient (Wildman–Crippen LogP) is 4.31. The van der Waals surface area contributed by atoms with Crippen molar-refractivity contribution in [2.24, 2.45) is 0 Å². The van der Waals surface area contributed by atoms with E-state index in [4.69, 9.17) is 4.74 Å². The molecule has 1 atom stereocenters. The second-order valence-electron chi connectivity index (χ2n) is 7.59. The average Bonchev–Trinajstić information content (AvgIpc) is 3.08. The van der Waals surface area contributed by atoms with Gasteiger partial charge >= 0.3 is 5.97 Å². The van der Waals surface area contributed by atoms with Crippen molar-refractivity contribution < 1.29 is 9.53 Å². The van der Waals surface area contributed by atoms with Crippen molar-refractivity contribution in [3.63, 3.8) is 0 Å². The molecule has 0 bridgehead atoms. The van der Waals surface area contributed by atoms with E-state index in [1.165, 1.54) is 16.7 Å². The number of benzene rings is 2. The molecule has 0 aliphatic heterocycles. The number of hydrogen-bond acceptors (Lipinski definition) is 3. The fourth-order valence-electron chi connectivity index (χ4n) is 4.16. The average molecular weight is 366 g/mol. The highest BCUT2D eigenvalue weighted by Crippen LogP contribution is 2.41. The van der Waals surface area contributed by atoms with Gasteiger partial charge in [0.1, 0.15) is 5.41 Å². The van der Waals surface area contributed by atoms with E-state index in [9.17, 15) is 4.79 Å². The Kier molecular flexibility index (Phi) is 6.33. The Bertz CT molecular complexity index is 767. The molecule has 0 heterocycles. The van der Waals surface area contributed by atoms with Crippen LogP contribution in [0.2, 0.25) is 0 Å². The maximum absolute atomic E-state index is 13.3. The molecule has 1 aliphatic rings. The van der Waals surface area contributed by atoms with Crippen LogP contribution in [0.3, 0.4) is 0 Å². The van der Waals surface area contributed by atoms with Gasteiger partial charge in [0, 0.05) is 6.54 Å². The van der Waals surface area contributed by atoms with Gasteiger partial charge in [-0.1, -0.05) is 67.9 Å². The third-order valence-corrected chi connectivity index (χ3v) is 5.81. The number of esters is 1. The summed E-state index contributed by atoms with van der Waals surface area (Å²) in [7, 11) is 0. The highest BCUT2D eigenvalue weighted by atomic mass is 16.5. The van der Waals surface area contributed by atoms with Crippen LogP contribution in [0.5, 0.6) is 0 Å². The van der Waals surface area contributed by atoms with Crippen molar-refractivity contribution >= 4 is 5.97 Å². The number of carbonyl (C=O) groups excluding carboxylic acids is 1. The molecule has 0 aromatic heterocycles. The van der Waals surface area contributed by atoms with Crippen LogP contribution in [0.4, 0.5) is 0 Å². The van der Waals surface area contributed by atoms with Crippen LogP contribution in [0.15, 0.2) is 48.5 Å². The van der Waals surface area contributed by atoms with E-state index >= 15 is 0 Å². The van der Waals surface area contributed by atoms with E-state index in [1.54, 1.807) is 0 Å². The lowest BCUT2D eigenvalue weighted by Crippen LogP contribution is -2.39. The number of rotatable bonds is 8. The summed E-state index contributed by atoms with van der Waals surface area (Å²) in [5.74, 6) is -0.0814. The smallest absolute Gasteiger partial charge is 0.317 e. The van der Waals surface area contributed by atoms with E-state index in [0.29, 0.717) is 6.61 Å². The van der Waals surface area contributed by atoms with Gasteiger partial charge in [-0.05, 0) is 56.0 Å². The van der Waals surface area contributed by atoms with E-state index < -0.39 is 5.41 Å². The van der Waals surface area contributed by atoms with Gasteiger partial charge in [-0.3, -0.25) is 4.79 Å². The maximum Gasteiger partial charge on any atom is 0.317 e. The number of aryl methyl sites for hydroxylation is 1. The molecule has 144 valence electrons. The number of nitrogens with zero attached hydrogens (tertiary/aromatic N) is 1. The molecule has 0 radical (unpaired) electrons. The first-order valence-electron chi connectivity index (χ1n) is 10.1. The Hall–Kier alpha value is -2.13. The summed E-state index contributed by atoms with van der Waals surface area (Å²) in [6, 6.07) is 16.7. The first kappa shape index (κ1) is 19.6. The molecule has 1 aliphatic carbocycles. The number of hydrogen-bond donors (Lipinski definition) is 0. The largest absolute Gasteiger partial charge is 0.465 e. The highest BCUT2D eigenvalue weighted by molar-refractivity contribution is 5.85. The predicted molar refractivity (Wildman–Crippen MR) is 110 cm³/mol. The molecule has 2 aromatic carbocycles. The quantitative estimate of drug-likeness (QED) is 0.516. The van der Waals surface area contributed by atoms with Crippen LogP contribution < -0.4 is 0 Å². The second kappa shape index (κ2) is 8.71. The first-order chi connectivity index (χ1) is 13.1. The third-order valence-electron chi connectivity index (χ3n) is 5.81. The zero-order valence-corrected chi connectivity index (χ0v) is 16.8. The lowest BCUT2D eigenvalue weighted by molar-refractivity contribution is -0.150. The number of ether oxygens (including phenoxy) is 1. The molecule has 3 heteroatoms. The van der Waals surface area contributed by atoms with Gasteiger partial charge in [-0.2, -0.15) is 0 Å². The Labute approximate surface area is 163 Å². The summed E-state index contributed by atoms with van der Waals surface area (Å²) in [5, 5.41) is 0. The minimum absolute atomic E-state index is 0.0814. The molecule has 3 nitrogen and oxygen atoms in total. The summed E-state index contributed by atoms with van der Waals surface area (Å²) >= 11 is 0. The topological polar surface area (TPSA) is 29.5 Å². The summed E-state index contributed by atoms with van der Waals surface area (Å²) in [4.78, 5) is 15.6. The van der Waals surface area contributed by atoms with E-state index in [1.807, 2.05) is 18.2 Å². The zero-order chi connectivity index (χ0) is 19.3. The molecule has 0 amide bonds. The molecule has 0 saturated heterocycles. The number of fused-ring (bicyclic) bond motifs is 1. The van der Waals surface area contributed by atoms with Gasteiger partial charge < -0.3 is 9.64 Å². The Balaban J connectivity index is 1.75. The van der Waals surface area contributed by atoms with E-state index in [-0.39, 0.29) is 5.97 Å². The van der Waals surface area contributed by atoms with Crippen LogP contribution in [0.25, 0.3) is 0 Å². The molecular weight excluding hydrogens is 334 g/mol. The summed E-state index contributed by atoms with van der Waals surface area (Å²) in [6.07, 6.45) is 2.33. The van der Waals surface area contributed by atoms with Crippen molar-refractivity contribution in [1.29, 1.82) is 0 Å². The van der Waals surface area contributed by atoms with Crippen LogP contribution in [0, 0.1) is 6.92 Å². The first-order valence-corrected chi connectivity index (χ1v) is 10.1. The van der Waals surface area contributed by atoms with Crippen LogP contribution in [-0.4, -0.2) is 37.1 Å². The van der Waals surface area contributed by atoms with Crippen molar-refractivity contribution in [2.45, 2.75) is 45.4 Å². The van der Waals surface area contributed by atoms with Gasteiger partial charge in [0.15, 0.2) is 0 Å². The van der Waals surface area contributed by atoms with E-state index in [2.05, 4.69) is 56.0 Å². The maximum atomic E-state index is 13.3. The van der Waals surface area contributed by atoms with Crippen LogP contribution in [-0.2, 0) is 27.8 Å². The fraction of sp³-hybridized carbons (Fsp3) is 0.458. The normalized spacial score (nSPS) is 18.5. The number of carbonyl (C=O) groups is 1. The standard InChI is InChI=1S/C24H31NO2/c1-4-25(5-2)14-9-15-27-23(26)24(22-10-7-6-8-11-22)17-20-13-12-19(3)16-21(20)18-24/h6-8,10-13,16H,4-5,9,14-15,17-18H2,1-3H3. The highest BCUT2D eigenvalue weighted by Gasteiger charge is 2.46. The third kappa shape index (κ3) is 4.24. The van der Waals surface area contributed by atoms with Gasteiger partial charge in [-0.25, -0.2) is 0 Å². The van der Waals surface area contributed by atoms with Gasteiger partial charge in [-0.15, -0.1) is 0 Å². The lowest BCUT2D eigenvalue weighted by Gasteiger charge is -2.27. The molecular formula is C24H31NO2. The molecule has 0 fully saturated rings. The molecule has 0 N–H and O–H groups in total. The Morgan fingerprint density at radius 2 is 1.74 bits per heavy atom. The minimum atomic E-state index is -0.591. The van der Waals surface area contributed by atoms with Crippen molar-refractivity contribution in [1.82, 2.24) is 4.90 Å². The van der Waals surface area contributed by atoms with Crippen LogP contribution >= 0.6 is 0 Å². The Morgan fingerprint density at radius 3 is 2.44 bits per heavy atom. The lowest BCUT2D eigenvalue weighted by atomic mass is 9.77. The summed E-state index contributed by atoms with van der Waals surface area (Å²) < 4.78 is 5.82. The van der Waals surface area contributed by atoms with Gasteiger partial charge in [0.2, 0.25) is 0 Å². The Morgan fingerprint density at radius 1 is 1.04 bits per heavy atom. The van der Waals surface area contributed by atoms with Gasteiger partial charge in [0.05, 0.1) is 6.61 Å². The summed E-state index contributed by atoms with van der Waals surface area (Å²) in [6.45, 7) is 9.96. The molecule has 0 saturated carbocycles. The second-order valence-corrected chi connectivity index (χ2v) is 7.59. The van der Waals surface area contributed by atoms with Gasteiger partial charge in [0.25, 0.3) is 0 Å². The molecule has 27 heavy (non-hydrogen) atoms. The van der Waals surface area contributed by atoms with Crippen molar-refractivity contribution in [3.05, 3.63) is 70.8 Å². The molecule has 3 rings (SSSR count). The molecule has 2 aromatic rings. The van der Waals surface area contributed by atoms with Crippen molar-refractivity contribution in [3.8, 4) is 0 Å². The minimum Gasteiger partial charge on any atom is -0.465 e. The molecule has 1 unspecified atom stereocenters. The summed E-state index contributed by atoms with van der Waals surface area (Å²) in [5.41, 5.74) is 4.26. The van der Waals surface area contributed by atoms with E-state index in [0.717, 1.165) is 44.5 Å². The van der Waals surface area contributed by atoms with Crippen LogP contribution in [0.1, 0.15) is 42.5 Å². The fourth-order valence-corrected chi connectivity index (χ4v) is 4.16. The van der Waals surface area contributed by atoms with Crippen molar-refractivity contribution in [2.75, 3.05) is 26.2 Å². The zero-order valence-electron chi connectivity index (χ0n) is 16.8. The SMILES string of the molecule is CCN(CC)CCCOC(=O)C1(c2ccccc2)Cc2ccc(C)cc2C1.